The third-order valence-electron chi connectivity index (χ3n) is 3.13. The van der Waals surface area contributed by atoms with Crippen LogP contribution in [0.3, 0.4) is 0 Å². The number of H-pyrrole nitrogens is 1. The summed E-state index contributed by atoms with van der Waals surface area (Å²) >= 11 is 0. The number of hydrogen-bond acceptors (Lipinski definition) is 3. The third kappa shape index (κ3) is 2.93. The van der Waals surface area contributed by atoms with Crippen LogP contribution in [0.15, 0.2) is 24.4 Å². The summed E-state index contributed by atoms with van der Waals surface area (Å²) in [6, 6.07) is 5.63. The average Bonchev–Trinajstić information content (AvgIpc) is 2.82. The van der Waals surface area contributed by atoms with E-state index in [4.69, 9.17) is 0 Å². The van der Waals surface area contributed by atoms with Crippen molar-refractivity contribution in [2.75, 3.05) is 12.4 Å². The lowest BCUT2D eigenvalue weighted by Crippen LogP contribution is -2.18. The molecule has 0 bridgehead atoms. The minimum Gasteiger partial charge on any atom is -0.381 e. The predicted octanol–water partition coefficient (Wildman–Crippen LogP) is 2.00. The first-order valence-electron chi connectivity index (χ1n) is 6.17. The molecule has 0 aliphatic carbocycles. The van der Waals surface area contributed by atoms with E-state index in [1.54, 1.807) is 13.2 Å². The number of benzene rings is 1. The number of nitrogens with one attached hydrogen (secondary N) is 3. The number of amides is 1. The molecule has 5 heteroatoms. The molecule has 0 saturated heterocycles. The van der Waals surface area contributed by atoms with Crippen LogP contribution in [0.2, 0.25) is 0 Å². The Morgan fingerprint density at radius 2 is 2.16 bits per heavy atom. The lowest BCUT2D eigenvalue weighted by molar-refractivity contribution is 0.0963. The van der Waals surface area contributed by atoms with E-state index in [0.29, 0.717) is 12.1 Å². The van der Waals surface area contributed by atoms with Crippen LogP contribution in [0, 0.1) is 13.8 Å². The molecule has 0 unspecified atom stereocenters. The van der Waals surface area contributed by atoms with Gasteiger partial charge < -0.3 is 10.6 Å². The molecule has 2 aromatic rings. The highest BCUT2D eigenvalue weighted by Gasteiger charge is 2.07. The maximum atomic E-state index is 11.6. The Kier molecular flexibility index (Phi) is 3.85. The molecule has 0 radical (unpaired) electrons. The summed E-state index contributed by atoms with van der Waals surface area (Å²) in [4.78, 5) is 11.6. The maximum absolute atomic E-state index is 11.6. The molecule has 0 saturated carbocycles. The lowest BCUT2D eigenvalue weighted by atomic mass is 10.1. The Morgan fingerprint density at radius 3 is 2.79 bits per heavy atom. The van der Waals surface area contributed by atoms with Crippen LogP contribution in [-0.2, 0) is 6.54 Å². The topological polar surface area (TPSA) is 69.8 Å². The molecule has 0 atom stereocenters. The third-order valence-corrected chi connectivity index (χ3v) is 3.13. The van der Waals surface area contributed by atoms with E-state index in [1.807, 2.05) is 32.0 Å². The highest BCUT2D eigenvalue weighted by atomic mass is 16.1. The molecule has 5 nitrogen and oxygen atoms in total. The van der Waals surface area contributed by atoms with E-state index >= 15 is 0 Å². The van der Waals surface area contributed by atoms with Gasteiger partial charge in [0, 0.05) is 36.1 Å². The fourth-order valence-corrected chi connectivity index (χ4v) is 1.84. The van der Waals surface area contributed by atoms with Crippen molar-refractivity contribution in [1.82, 2.24) is 15.5 Å². The van der Waals surface area contributed by atoms with Crippen molar-refractivity contribution in [2.24, 2.45) is 0 Å². The Bertz CT molecular complexity index is 589. The van der Waals surface area contributed by atoms with E-state index in [9.17, 15) is 4.79 Å². The van der Waals surface area contributed by atoms with Crippen molar-refractivity contribution in [3.05, 3.63) is 46.8 Å². The van der Waals surface area contributed by atoms with Gasteiger partial charge in [-0.1, -0.05) is 6.07 Å². The second kappa shape index (κ2) is 5.56. The highest BCUT2D eigenvalue weighted by molar-refractivity contribution is 5.95. The number of aromatic amines is 1. The number of rotatable bonds is 4. The monoisotopic (exact) mass is 258 g/mol. The Balaban J connectivity index is 2.15. The standard InChI is InChI=1S/C14H18N4O/c1-9-4-5-11(14(19)15-3)6-13(9)16-7-12-8-17-18-10(12)2/h4-6,8,16H,7H2,1-3H3,(H,15,19)(H,17,18). The van der Waals surface area contributed by atoms with Gasteiger partial charge in [-0.05, 0) is 31.5 Å². The van der Waals surface area contributed by atoms with Gasteiger partial charge in [-0.15, -0.1) is 0 Å². The summed E-state index contributed by atoms with van der Waals surface area (Å²) < 4.78 is 0. The molecule has 100 valence electrons. The summed E-state index contributed by atoms with van der Waals surface area (Å²) in [5, 5.41) is 12.9. The Hall–Kier alpha value is -2.30. The van der Waals surface area contributed by atoms with Crippen molar-refractivity contribution in [3.8, 4) is 0 Å². The molecule has 0 aliphatic heterocycles. The molecule has 1 aromatic heterocycles. The van der Waals surface area contributed by atoms with Gasteiger partial charge in [-0.25, -0.2) is 0 Å². The number of aromatic nitrogens is 2. The molecule has 3 N–H and O–H groups in total. The molecule has 0 aliphatic rings. The molecule has 0 spiro atoms. The SMILES string of the molecule is CNC(=O)c1ccc(C)c(NCc2cn[nH]c2C)c1. The molecular weight excluding hydrogens is 240 g/mol. The van der Waals surface area contributed by atoms with E-state index in [0.717, 1.165) is 22.5 Å². The van der Waals surface area contributed by atoms with E-state index in [2.05, 4.69) is 20.8 Å². The van der Waals surface area contributed by atoms with Crippen LogP contribution in [0.25, 0.3) is 0 Å². The molecule has 1 heterocycles. The molecule has 2 rings (SSSR count). The van der Waals surface area contributed by atoms with Gasteiger partial charge in [-0.2, -0.15) is 5.10 Å². The van der Waals surface area contributed by atoms with Crippen LogP contribution in [0.1, 0.15) is 27.2 Å². The Morgan fingerprint density at radius 1 is 1.37 bits per heavy atom. The van der Waals surface area contributed by atoms with E-state index in [-0.39, 0.29) is 5.91 Å². The van der Waals surface area contributed by atoms with Crippen LogP contribution >= 0.6 is 0 Å². The summed E-state index contributed by atoms with van der Waals surface area (Å²) in [7, 11) is 1.63. The first-order chi connectivity index (χ1) is 9.11. The highest BCUT2D eigenvalue weighted by Crippen LogP contribution is 2.18. The zero-order valence-electron chi connectivity index (χ0n) is 11.4. The van der Waals surface area contributed by atoms with Gasteiger partial charge in [0.1, 0.15) is 0 Å². The molecule has 0 fully saturated rings. The molecule has 19 heavy (non-hydrogen) atoms. The van der Waals surface area contributed by atoms with Gasteiger partial charge in [0.15, 0.2) is 0 Å². The maximum Gasteiger partial charge on any atom is 0.251 e. The largest absolute Gasteiger partial charge is 0.381 e. The second-order valence-electron chi connectivity index (χ2n) is 4.48. The number of hydrogen-bond donors (Lipinski definition) is 3. The van der Waals surface area contributed by atoms with Crippen molar-refractivity contribution >= 4 is 11.6 Å². The van der Waals surface area contributed by atoms with Crippen LogP contribution in [0.5, 0.6) is 0 Å². The minimum absolute atomic E-state index is 0.0810. The second-order valence-corrected chi connectivity index (χ2v) is 4.48. The van der Waals surface area contributed by atoms with Gasteiger partial charge >= 0.3 is 0 Å². The number of carbonyl (C=O) groups is 1. The zero-order valence-corrected chi connectivity index (χ0v) is 11.4. The smallest absolute Gasteiger partial charge is 0.251 e. The summed E-state index contributed by atoms with van der Waals surface area (Å²) in [6.07, 6.45) is 1.81. The fraction of sp³-hybridized carbons (Fsp3) is 0.286. The quantitative estimate of drug-likeness (QED) is 0.785. The van der Waals surface area contributed by atoms with Crippen LogP contribution < -0.4 is 10.6 Å². The number of anilines is 1. The van der Waals surface area contributed by atoms with Gasteiger partial charge in [0.05, 0.1) is 6.20 Å². The number of carbonyl (C=O) groups excluding carboxylic acids is 1. The molecular formula is C14H18N4O. The first kappa shape index (κ1) is 13.1. The van der Waals surface area contributed by atoms with Gasteiger partial charge in [0.25, 0.3) is 5.91 Å². The van der Waals surface area contributed by atoms with Crippen molar-refractivity contribution in [2.45, 2.75) is 20.4 Å². The van der Waals surface area contributed by atoms with Gasteiger partial charge in [0.2, 0.25) is 0 Å². The number of aryl methyl sites for hydroxylation is 2. The summed E-state index contributed by atoms with van der Waals surface area (Å²) in [5.41, 5.74) is 4.88. The summed E-state index contributed by atoms with van der Waals surface area (Å²) in [6.45, 7) is 4.68. The van der Waals surface area contributed by atoms with Crippen molar-refractivity contribution < 1.29 is 4.79 Å². The van der Waals surface area contributed by atoms with E-state index in [1.165, 1.54) is 0 Å². The van der Waals surface area contributed by atoms with Crippen molar-refractivity contribution in [1.29, 1.82) is 0 Å². The zero-order chi connectivity index (χ0) is 13.8. The normalized spacial score (nSPS) is 10.3. The summed E-state index contributed by atoms with van der Waals surface area (Å²) in [5.74, 6) is -0.0810. The molecule has 1 amide bonds. The van der Waals surface area contributed by atoms with Crippen LogP contribution in [0.4, 0.5) is 5.69 Å². The molecule has 1 aromatic carbocycles. The minimum atomic E-state index is -0.0810. The van der Waals surface area contributed by atoms with Gasteiger partial charge in [-0.3, -0.25) is 9.89 Å². The van der Waals surface area contributed by atoms with Crippen LogP contribution in [-0.4, -0.2) is 23.2 Å². The fourth-order valence-electron chi connectivity index (χ4n) is 1.84. The number of nitrogens with zero attached hydrogens (tertiary/aromatic N) is 1. The average molecular weight is 258 g/mol. The first-order valence-corrected chi connectivity index (χ1v) is 6.17. The van der Waals surface area contributed by atoms with E-state index < -0.39 is 0 Å². The predicted molar refractivity (Wildman–Crippen MR) is 75.2 cm³/mol. The van der Waals surface area contributed by atoms with Crippen molar-refractivity contribution in [3.63, 3.8) is 0 Å². The Labute approximate surface area is 112 Å². The lowest BCUT2D eigenvalue weighted by Gasteiger charge is -2.11.